The molecule has 0 saturated carbocycles. The minimum atomic E-state index is -3.07. The van der Waals surface area contributed by atoms with E-state index < -0.39 is 42.1 Å². The van der Waals surface area contributed by atoms with Gasteiger partial charge in [-0.1, -0.05) is 0 Å². The predicted molar refractivity (Wildman–Crippen MR) is 59.9 cm³/mol. The van der Waals surface area contributed by atoms with E-state index in [1.807, 2.05) is 0 Å². The average molecular weight is 291 g/mol. The van der Waals surface area contributed by atoms with Crippen LogP contribution in [0.2, 0.25) is 0 Å². The minimum absolute atomic E-state index is 0.0585. The average Bonchev–Trinajstić information content (AvgIpc) is 2.91. The van der Waals surface area contributed by atoms with E-state index >= 15 is 0 Å². The Bertz CT molecular complexity index is 489. The summed E-state index contributed by atoms with van der Waals surface area (Å²) in [5.41, 5.74) is 0. The summed E-state index contributed by atoms with van der Waals surface area (Å²) in [5.74, 6) is -5.25. The third-order valence-corrected chi connectivity index (χ3v) is 3.31. The first-order valence-electron chi connectivity index (χ1n) is 5.83. The fraction of sp³-hybridized carbons (Fsp3) is 0.500. The van der Waals surface area contributed by atoms with Crippen LogP contribution in [0, 0.1) is 17.8 Å². The molecule has 1 heterocycles. The second-order valence-electron chi connectivity index (χ2n) is 4.41. The van der Waals surface area contributed by atoms with Gasteiger partial charge in [-0.2, -0.15) is 8.78 Å². The number of rotatable bonds is 4. The van der Waals surface area contributed by atoms with Crippen molar-refractivity contribution < 1.29 is 32.2 Å². The molecule has 1 saturated heterocycles. The smallest absolute Gasteiger partial charge is 0.387 e. The summed E-state index contributed by atoms with van der Waals surface area (Å²) in [6.07, 6.45) is 1.97. The number of alkyl halides is 2. The van der Waals surface area contributed by atoms with Crippen molar-refractivity contribution in [3.05, 3.63) is 23.7 Å². The summed E-state index contributed by atoms with van der Waals surface area (Å²) < 4.78 is 46.6. The molecule has 8 heteroatoms. The van der Waals surface area contributed by atoms with Gasteiger partial charge in [0.25, 0.3) is 0 Å². The minimum Gasteiger partial charge on any atom is -0.468 e. The Morgan fingerprint density at radius 1 is 1.50 bits per heavy atom. The molecule has 2 aliphatic rings. The molecule has 0 aromatic heterocycles. The first-order valence-corrected chi connectivity index (χ1v) is 5.83. The maximum atomic E-state index is 13.8. The molecule has 2 rings (SSSR count). The van der Waals surface area contributed by atoms with Crippen molar-refractivity contribution >= 4 is 11.9 Å². The molecule has 0 radical (unpaired) electrons. The maximum Gasteiger partial charge on any atom is 0.387 e. The van der Waals surface area contributed by atoms with Crippen molar-refractivity contribution in [1.82, 2.24) is 5.32 Å². The Morgan fingerprint density at radius 2 is 2.20 bits per heavy atom. The fourth-order valence-electron chi connectivity index (χ4n) is 2.42. The number of nitrogens with one attached hydrogen (secondary N) is 1. The lowest BCUT2D eigenvalue weighted by Crippen LogP contribution is -2.31. The highest BCUT2D eigenvalue weighted by Gasteiger charge is 2.46. The SMILES string of the molecule is COC(=O)[C@@H]1C(=O)NCC1C1C=C(OC(F)F)C=C1F. The van der Waals surface area contributed by atoms with Crippen molar-refractivity contribution in [3.8, 4) is 0 Å². The van der Waals surface area contributed by atoms with Crippen molar-refractivity contribution in [2.75, 3.05) is 13.7 Å². The number of hydrogen-bond donors (Lipinski definition) is 1. The van der Waals surface area contributed by atoms with Gasteiger partial charge in [0.15, 0.2) is 0 Å². The molecule has 5 nitrogen and oxygen atoms in total. The van der Waals surface area contributed by atoms with Crippen LogP contribution >= 0.6 is 0 Å². The fourth-order valence-corrected chi connectivity index (χ4v) is 2.42. The summed E-state index contributed by atoms with van der Waals surface area (Å²) in [6.45, 7) is -3.01. The largest absolute Gasteiger partial charge is 0.468 e. The van der Waals surface area contributed by atoms with Crippen LogP contribution in [0.15, 0.2) is 23.7 Å². The van der Waals surface area contributed by atoms with Crippen LogP contribution in [-0.2, 0) is 19.1 Å². The van der Waals surface area contributed by atoms with Crippen LogP contribution in [0.5, 0.6) is 0 Å². The van der Waals surface area contributed by atoms with E-state index in [2.05, 4.69) is 14.8 Å². The number of hydrogen-bond acceptors (Lipinski definition) is 4. The molecule has 0 aromatic rings. The van der Waals surface area contributed by atoms with Gasteiger partial charge in [-0.3, -0.25) is 9.59 Å². The molecular weight excluding hydrogens is 279 g/mol. The number of methoxy groups -OCH3 is 1. The summed E-state index contributed by atoms with van der Waals surface area (Å²) in [7, 11) is 1.12. The quantitative estimate of drug-likeness (QED) is 0.623. The van der Waals surface area contributed by atoms with Crippen LogP contribution in [0.25, 0.3) is 0 Å². The molecule has 1 amide bonds. The van der Waals surface area contributed by atoms with Gasteiger partial charge in [0.2, 0.25) is 5.91 Å². The van der Waals surface area contributed by atoms with E-state index in [-0.39, 0.29) is 12.3 Å². The molecule has 1 aliphatic carbocycles. The Labute approximate surface area is 112 Å². The number of carbonyl (C=O) groups is 2. The summed E-state index contributed by atoms with van der Waals surface area (Å²) in [5, 5.41) is 2.44. The molecular formula is C12H12F3NO4. The van der Waals surface area contributed by atoms with E-state index in [4.69, 9.17) is 0 Å². The standard InChI is InChI=1S/C12H12F3NO4/c1-19-11(18)9-7(4-16-10(9)17)6-2-5(3-8(6)13)20-12(14)15/h2-3,6-7,9,12H,4H2,1H3,(H,16,17)/t6?,7?,9-/m0/s1. The van der Waals surface area contributed by atoms with Crippen LogP contribution < -0.4 is 5.32 Å². The number of allylic oxidation sites excluding steroid dienone is 3. The monoisotopic (exact) mass is 291 g/mol. The third kappa shape index (κ3) is 2.63. The van der Waals surface area contributed by atoms with Gasteiger partial charge in [0, 0.05) is 24.5 Å². The molecule has 110 valence electrons. The maximum absolute atomic E-state index is 13.8. The summed E-state index contributed by atoms with van der Waals surface area (Å²) in [4.78, 5) is 23.1. The highest BCUT2D eigenvalue weighted by molar-refractivity contribution is 5.99. The molecule has 1 fully saturated rings. The molecule has 1 aliphatic heterocycles. The molecule has 0 spiro atoms. The Balaban J connectivity index is 2.19. The zero-order valence-corrected chi connectivity index (χ0v) is 10.4. The van der Waals surface area contributed by atoms with Gasteiger partial charge in [0.05, 0.1) is 7.11 Å². The van der Waals surface area contributed by atoms with Crippen molar-refractivity contribution in [2.45, 2.75) is 6.61 Å². The van der Waals surface area contributed by atoms with Gasteiger partial charge in [-0.05, 0) is 6.08 Å². The van der Waals surface area contributed by atoms with Gasteiger partial charge >= 0.3 is 12.6 Å². The van der Waals surface area contributed by atoms with Gasteiger partial charge in [-0.25, -0.2) is 4.39 Å². The Morgan fingerprint density at radius 3 is 2.80 bits per heavy atom. The highest BCUT2D eigenvalue weighted by Crippen LogP contribution is 2.38. The number of carbonyl (C=O) groups excluding carboxylic acids is 2. The van der Waals surface area contributed by atoms with Crippen molar-refractivity contribution in [2.24, 2.45) is 17.8 Å². The summed E-state index contributed by atoms with van der Waals surface area (Å²) >= 11 is 0. The van der Waals surface area contributed by atoms with E-state index in [0.717, 1.165) is 19.3 Å². The van der Waals surface area contributed by atoms with Crippen LogP contribution in [0.3, 0.4) is 0 Å². The Hall–Kier alpha value is -1.99. The number of ether oxygens (including phenoxy) is 2. The third-order valence-electron chi connectivity index (χ3n) is 3.31. The number of esters is 1. The zero-order valence-electron chi connectivity index (χ0n) is 10.4. The predicted octanol–water partition coefficient (Wildman–Crippen LogP) is 1.13. The van der Waals surface area contributed by atoms with Crippen molar-refractivity contribution in [3.63, 3.8) is 0 Å². The van der Waals surface area contributed by atoms with E-state index in [1.54, 1.807) is 0 Å². The van der Waals surface area contributed by atoms with Crippen molar-refractivity contribution in [1.29, 1.82) is 0 Å². The zero-order chi connectivity index (χ0) is 14.9. The first-order chi connectivity index (χ1) is 9.43. The lowest BCUT2D eigenvalue weighted by Gasteiger charge is -2.19. The molecule has 0 aromatic carbocycles. The first kappa shape index (κ1) is 14.4. The summed E-state index contributed by atoms with van der Waals surface area (Å²) in [6, 6.07) is 0. The molecule has 20 heavy (non-hydrogen) atoms. The van der Waals surface area contributed by atoms with Crippen LogP contribution in [0.4, 0.5) is 13.2 Å². The number of halogens is 3. The normalized spacial score (nSPS) is 29.1. The van der Waals surface area contributed by atoms with Crippen LogP contribution in [0.1, 0.15) is 0 Å². The van der Waals surface area contributed by atoms with Crippen LogP contribution in [-0.4, -0.2) is 32.1 Å². The highest BCUT2D eigenvalue weighted by atomic mass is 19.3. The number of amides is 1. The topological polar surface area (TPSA) is 64.6 Å². The molecule has 0 bridgehead atoms. The van der Waals surface area contributed by atoms with E-state index in [0.29, 0.717) is 0 Å². The van der Waals surface area contributed by atoms with E-state index in [9.17, 15) is 22.8 Å². The molecule has 2 unspecified atom stereocenters. The molecule has 1 N–H and O–H groups in total. The van der Waals surface area contributed by atoms with Gasteiger partial charge < -0.3 is 14.8 Å². The second-order valence-corrected chi connectivity index (χ2v) is 4.41. The van der Waals surface area contributed by atoms with E-state index in [1.165, 1.54) is 0 Å². The van der Waals surface area contributed by atoms with Gasteiger partial charge in [-0.15, -0.1) is 0 Å². The molecule has 3 atom stereocenters. The lowest BCUT2D eigenvalue weighted by molar-refractivity contribution is -0.150. The second kappa shape index (κ2) is 5.56. The Kier molecular flexibility index (Phi) is 4.01. The van der Waals surface area contributed by atoms with Gasteiger partial charge in [0.1, 0.15) is 17.5 Å². The lowest BCUT2D eigenvalue weighted by atomic mass is 9.84.